The van der Waals surface area contributed by atoms with Gasteiger partial charge in [0.05, 0.1) is 0 Å². The van der Waals surface area contributed by atoms with Gasteiger partial charge in [-0.15, -0.1) is 5.10 Å². The highest BCUT2D eigenvalue weighted by Gasteiger charge is 2.25. The van der Waals surface area contributed by atoms with Crippen molar-refractivity contribution in [1.82, 2.24) is 20.1 Å². The number of ether oxygens (including phenoxy) is 1. The first-order valence-electron chi connectivity index (χ1n) is 8.25. The first-order valence-corrected chi connectivity index (χ1v) is 9.51. The molecule has 8 heteroatoms. The summed E-state index contributed by atoms with van der Waals surface area (Å²) in [7, 11) is 3.48. The number of H-pyrrole nitrogens is 1. The van der Waals surface area contributed by atoms with Crippen LogP contribution in [0.25, 0.3) is 0 Å². The number of hydrogen-bond acceptors (Lipinski definition) is 5. The summed E-state index contributed by atoms with van der Waals surface area (Å²) >= 11 is 7.17. The standard InChI is InChI=1S/C19H19ClN4O2S/c1-24(2)18(25)17(13-6-4-3-5-7-13)27-19-21-16(22-23-19)12-26-15-10-8-14(20)9-11-15/h3-11,17H,12H2,1-2H3,(H,21,22,23)/t17-/m0/s1. The number of carbonyl (C=O) groups is 1. The summed E-state index contributed by atoms with van der Waals surface area (Å²) < 4.78 is 5.66. The van der Waals surface area contributed by atoms with Gasteiger partial charge in [0.1, 0.15) is 17.6 Å². The number of halogens is 1. The van der Waals surface area contributed by atoms with Crippen LogP contribution in [-0.2, 0) is 11.4 Å². The topological polar surface area (TPSA) is 71.1 Å². The minimum Gasteiger partial charge on any atom is -0.486 e. The first kappa shape index (κ1) is 19.3. The molecule has 1 heterocycles. The summed E-state index contributed by atoms with van der Waals surface area (Å²) in [5.41, 5.74) is 0.907. The van der Waals surface area contributed by atoms with E-state index in [0.29, 0.717) is 21.8 Å². The molecule has 0 aliphatic heterocycles. The van der Waals surface area contributed by atoms with Gasteiger partial charge in [0, 0.05) is 19.1 Å². The normalized spacial score (nSPS) is 11.8. The Morgan fingerprint density at radius 1 is 1.19 bits per heavy atom. The number of nitrogens with zero attached hydrogens (tertiary/aromatic N) is 3. The maximum absolute atomic E-state index is 12.6. The number of hydrogen-bond donors (Lipinski definition) is 1. The second-order valence-electron chi connectivity index (χ2n) is 5.95. The number of nitrogens with one attached hydrogen (secondary N) is 1. The molecule has 0 unspecified atom stereocenters. The van der Waals surface area contributed by atoms with E-state index in [1.165, 1.54) is 11.8 Å². The van der Waals surface area contributed by atoms with Crippen LogP contribution in [0, 0.1) is 0 Å². The molecular weight excluding hydrogens is 384 g/mol. The Morgan fingerprint density at radius 2 is 1.89 bits per heavy atom. The number of amides is 1. The number of benzene rings is 2. The van der Waals surface area contributed by atoms with Gasteiger partial charge in [0.2, 0.25) is 11.1 Å². The van der Waals surface area contributed by atoms with Crippen molar-refractivity contribution in [3.63, 3.8) is 0 Å². The Labute approximate surface area is 166 Å². The van der Waals surface area contributed by atoms with Gasteiger partial charge >= 0.3 is 0 Å². The van der Waals surface area contributed by atoms with E-state index in [2.05, 4.69) is 15.2 Å². The van der Waals surface area contributed by atoms with Gasteiger partial charge in [0.15, 0.2) is 5.82 Å². The lowest BCUT2D eigenvalue weighted by Gasteiger charge is -2.19. The van der Waals surface area contributed by atoms with Crippen LogP contribution >= 0.6 is 23.4 Å². The molecule has 6 nitrogen and oxygen atoms in total. The first-order chi connectivity index (χ1) is 13.0. The van der Waals surface area contributed by atoms with Crippen molar-refractivity contribution in [2.45, 2.75) is 17.0 Å². The molecule has 27 heavy (non-hydrogen) atoms. The maximum atomic E-state index is 12.6. The highest BCUT2D eigenvalue weighted by Crippen LogP contribution is 2.34. The number of thioether (sulfide) groups is 1. The van der Waals surface area contributed by atoms with Crippen LogP contribution in [0.15, 0.2) is 59.8 Å². The zero-order valence-electron chi connectivity index (χ0n) is 14.9. The molecule has 2 aromatic carbocycles. The van der Waals surface area contributed by atoms with Crippen LogP contribution in [0.4, 0.5) is 0 Å². The highest BCUT2D eigenvalue weighted by molar-refractivity contribution is 8.00. The Kier molecular flexibility index (Phi) is 6.36. The number of rotatable bonds is 7. The van der Waals surface area contributed by atoms with Crippen LogP contribution < -0.4 is 4.74 Å². The molecule has 0 fully saturated rings. The predicted octanol–water partition coefficient (Wildman–Crippen LogP) is 3.96. The van der Waals surface area contributed by atoms with E-state index >= 15 is 0 Å². The van der Waals surface area contributed by atoms with Crippen molar-refractivity contribution in [2.75, 3.05) is 14.1 Å². The molecular formula is C19H19ClN4O2S. The molecule has 0 saturated carbocycles. The van der Waals surface area contributed by atoms with Crippen LogP contribution in [-0.4, -0.2) is 40.1 Å². The van der Waals surface area contributed by atoms with E-state index in [0.717, 1.165) is 5.56 Å². The minimum absolute atomic E-state index is 0.0186. The molecule has 0 radical (unpaired) electrons. The van der Waals surface area contributed by atoms with Crippen LogP contribution in [0.3, 0.4) is 0 Å². The maximum Gasteiger partial charge on any atom is 0.240 e. The summed E-state index contributed by atoms with van der Waals surface area (Å²) in [6.07, 6.45) is 0. The van der Waals surface area contributed by atoms with Gasteiger partial charge in [0.25, 0.3) is 0 Å². The highest BCUT2D eigenvalue weighted by atomic mass is 35.5. The molecule has 0 bridgehead atoms. The van der Waals surface area contributed by atoms with E-state index in [-0.39, 0.29) is 12.5 Å². The van der Waals surface area contributed by atoms with Crippen molar-refractivity contribution in [2.24, 2.45) is 0 Å². The SMILES string of the molecule is CN(C)C(=O)[C@@H](Sc1n[nH]c(COc2ccc(Cl)cc2)n1)c1ccccc1. The third-order valence-electron chi connectivity index (χ3n) is 3.69. The molecule has 0 aliphatic carbocycles. The van der Waals surface area contributed by atoms with Gasteiger partial charge < -0.3 is 9.64 Å². The van der Waals surface area contributed by atoms with Crippen molar-refractivity contribution in [3.8, 4) is 5.75 Å². The molecule has 0 aliphatic rings. The molecule has 3 rings (SSSR count). The quantitative estimate of drug-likeness (QED) is 0.605. The second kappa shape index (κ2) is 8.92. The van der Waals surface area contributed by atoms with E-state index in [9.17, 15) is 4.79 Å². The Balaban J connectivity index is 1.68. The van der Waals surface area contributed by atoms with Crippen molar-refractivity contribution in [3.05, 3.63) is 71.0 Å². The molecule has 1 atom stereocenters. The lowest BCUT2D eigenvalue weighted by atomic mass is 10.1. The average molecular weight is 403 g/mol. The summed E-state index contributed by atoms with van der Waals surface area (Å²) in [5, 5.41) is 7.79. The number of aromatic amines is 1. The van der Waals surface area contributed by atoms with Crippen molar-refractivity contribution < 1.29 is 9.53 Å². The fraction of sp³-hybridized carbons (Fsp3) is 0.211. The largest absolute Gasteiger partial charge is 0.486 e. The lowest BCUT2D eigenvalue weighted by molar-refractivity contribution is -0.128. The fourth-order valence-electron chi connectivity index (χ4n) is 2.31. The zero-order chi connectivity index (χ0) is 19.2. The van der Waals surface area contributed by atoms with E-state index < -0.39 is 5.25 Å². The summed E-state index contributed by atoms with van der Waals surface area (Å²) in [4.78, 5) is 18.6. The Hall–Kier alpha value is -2.51. The van der Waals surface area contributed by atoms with Crippen molar-refractivity contribution >= 4 is 29.3 Å². The van der Waals surface area contributed by atoms with Crippen LogP contribution in [0.1, 0.15) is 16.6 Å². The molecule has 0 saturated heterocycles. The zero-order valence-corrected chi connectivity index (χ0v) is 16.5. The van der Waals surface area contributed by atoms with Crippen LogP contribution in [0.2, 0.25) is 5.02 Å². The smallest absolute Gasteiger partial charge is 0.240 e. The molecule has 0 spiro atoms. The second-order valence-corrected chi connectivity index (χ2v) is 7.46. The van der Waals surface area contributed by atoms with Gasteiger partial charge in [-0.2, -0.15) is 0 Å². The minimum atomic E-state index is -0.415. The molecule has 1 N–H and O–H groups in total. The molecule has 1 amide bonds. The third-order valence-corrected chi connectivity index (χ3v) is 5.05. The Bertz CT molecular complexity index is 884. The Morgan fingerprint density at radius 3 is 2.56 bits per heavy atom. The van der Waals surface area contributed by atoms with E-state index in [1.807, 2.05) is 30.3 Å². The molecule has 140 valence electrons. The van der Waals surface area contributed by atoms with Crippen LogP contribution in [0.5, 0.6) is 5.75 Å². The third kappa shape index (κ3) is 5.24. The lowest BCUT2D eigenvalue weighted by Crippen LogP contribution is -2.26. The number of likely N-dealkylation sites (N-methyl/N-ethyl adjacent to an activating group) is 1. The number of carbonyl (C=O) groups excluding carboxylic acids is 1. The summed E-state index contributed by atoms with van der Waals surface area (Å²) in [6.45, 7) is 0.243. The van der Waals surface area contributed by atoms with E-state index in [4.69, 9.17) is 16.3 Å². The van der Waals surface area contributed by atoms with Gasteiger partial charge in [-0.05, 0) is 29.8 Å². The van der Waals surface area contributed by atoms with Crippen molar-refractivity contribution in [1.29, 1.82) is 0 Å². The van der Waals surface area contributed by atoms with Gasteiger partial charge in [-0.3, -0.25) is 9.89 Å². The van der Waals surface area contributed by atoms with Gasteiger partial charge in [-0.25, -0.2) is 4.98 Å². The van der Waals surface area contributed by atoms with Gasteiger partial charge in [-0.1, -0.05) is 53.7 Å². The predicted molar refractivity (Wildman–Crippen MR) is 106 cm³/mol. The molecule has 3 aromatic rings. The monoisotopic (exact) mass is 402 g/mol. The van der Waals surface area contributed by atoms with E-state index in [1.54, 1.807) is 43.3 Å². The molecule has 1 aromatic heterocycles. The fourth-order valence-corrected chi connectivity index (χ4v) is 3.51. The number of aromatic nitrogens is 3. The average Bonchev–Trinajstić information content (AvgIpc) is 3.13. The summed E-state index contributed by atoms with van der Waals surface area (Å²) in [5.74, 6) is 1.25. The summed E-state index contributed by atoms with van der Waals surface area (Å²) in [6, 6.07) is 16.7.